The Kier molecular flexibility index (Phi) is 10.7. The molecule has 3 aliphatic rings. The molecule has 286 valence electrons. The van der Waals surface area contributed by atoms with Gasteiger partial charge in [-0.2, -0.15) is 5.10 Å². The summed E-state index contributed by atoms with van der Waals surface area (Å²) in [6.07, 6.45) is 7.22. The van der Waals surface area contributed by atoms with E-state index in [1.54, 1.807) is 6.07 Å². The summed E-state index contributed by atoms with van der Waals surface area (Å²) in [5, 5.41) is 5.49. The molecule has 0 amide bonds. The minimum Gasteiger partial charge on any atom is -0.493 e. The zero-order valence-electron chi connectivity index (χ0n) is 30.6. The van der Waals surface area contributed by atoms with Crippen molar-refractivity contribution in [3.8, 4) is 11.6 Å². The molecule has 3 fully saturated rings. The fourth-order valence-corrected chi connectivity index (χ4v) is 8.22. The standard InChI is InChI=1S/C39H47FN8O6/c1-45-36-29(3-2-4-30(36)37(44-45)48-16-9-34(49)43-39(48)51)26-7-14-47(15-8-26)18-17-46-12-5-25(6-13-46)23-53-28-21-31(40)35-32(22-28)41-33(42-38(35)50)24-54-27-10-19-52-20-11-27/h2-4,9,16,21-22,25-27H,5-8,10-15,17-20,23-24H2,1H3,(H,41,42,50)(H,43,49,51). The maximum atomic E-state index is 15.0. The van der Waals surface area contributed by atoms with Gasteiger partial charge in [-0.1, -0.05) is 12.1 Å². The highest BCUT2D eigenvalue weighted by Crippen LogP contribution is 2.35. The van der Waals surface area contributed by atoms with Crippen LogP contribution in [0.1, 0.15) is 55.8 Å². The van der Waals surface area contributed by atoms with E-state index in [9.17, 15) is 14.4 Å². The van der Waals surface area contributed by atoms with Crippen LogP contribution in [-0.4, -0.2) is 104 Å². The lowest BCUT2D eigenvalue weighted by atomic mass is 9.88. The summed E-state index contributed by atoms with van der Waals surface area (Å²) >= 11 is 0. The minimum absolute atomic E-state index is 0.0542. The number of ether oxygens (including phenoxy) is 3. The molecule has 0 unspecified atom stereocenters. The fraction of sp³-hybridized carbons (Fsp3) is 0.513. The zero-order valence-corrected chi connectivity index (χ0v) is 30.6. The number of para-hydroxylation sites is 1. The molecule has 0 saturated carbocycles. The van der Waals surface area contributed by atoms with Crippen LogP contribution in [0.5, 0.6) is 5.75 Å². The highest BCUT2D eigenvalue weighted by molar-refractivity contribution is 5.89. The van der Waals surface area contributed by atoms with Crippen molar-refractivity contribution in [3.63, 3.8) is 0 Å². The number of nitrogens with one attached hydrogen (secondary N) is 2. The molecule has 2 N–H and O–H groups in total. The van der Waals surface area contributed by atoms with Gasteiger partial charge in [0.1, 0.15) is 29.4 Å². The third-order valence-corrected chi connectivity index (χ3v) is 11.3. The van der Waals surface area contributed by atoms with Crippen molar-refractivity contribution in [2.24, 2.45) is 13.0 Å². The summed E-state index contributed by atoms with van der Waals surface area (Å²) in [6.45, 7) is 8.00. The highest BCUT2D eigenvalue weighted by Gasteiger charge is 2.26. The third-order valence-electron chi connectivity index (χ3n) is 11.3. The highest BCUT2D eigenvalue weighted by atomic mass is 19.1. The van der Waals surface area contributed by atoms with E-state index in [1.807, 2.05) is 23.9 Å². The first kappa shape index (κ1) is 36.3. The molecule has 54 heavy (non-hydrogen) atoms. The van der Waals surface area contributed by atoms with Gasteiger partial charge in [-0.15, -0.1) is 0 Å². The summed E-state index contributed by atoms with van der Waals surface area (Å²) < 4.78 is 35.6. The molecule has 0 radical (unpaired) electrons. The number of halogens is 1. The van der Waals surface area contributed by atoms with Crippen LogP contribution in [0.4, 0.5) is 4.39 Å². The van der Waals surface area contributed by atoms with Crippen molar-refractivity contribution < 1.29 is 18.6 Å². The maximum absolute atomic E-state index is 15.0. The molecule has 0 aliphatic carbocycles. The summed E-state index contributed by atoms with van der Waals surface area (Å²) in [7, 11) is 1.90. The van der Waals surface area contributed by atoms with E-state index in [0.29, 0.717) is 49.0 Å². The topological polar surface area (TPSA) is 153 Å². The van der Waals surface area contributed by atoms with Crippen LogP contribution in [0.3, 0.4) is 0 Å². The maximum Gasteiger partial charge on any atom is 0.334 e. The SMILES string of the molecule is Cn1nc(-n2ccc(=O)[nH]c2=O)c2cccc(C3CCN(CCN4CCC(COc5cc(F)c6c(=O)[nH]c(COC7CCOCC7)nc6c5)CC4)CC3)c21. The molecule has 0 spiro atoms. The molecule has 8 rings (SSSR count). The van der Waals surface area contributed by atoms with Crippen LogP contribution in [0.2, 0.25) is 0 Å². The molecule has 3 saturated heterocycles. The van der Waals surface area contributed by atoms with Gasteiger partial charge < -0.3 is 29.0 Å². The van der Waals surface area contributed by atoms with Gasteiger partial charge in [0, 0.05) is 63.1 Å². The minimum atomic E-state index is -0.643. The van der Waals surface area contributed by atoms with Crippen molar-refractivity contribution in [2.45, 2.75) is 57.2 Å². The quantitative estimate of drug-likeness (QED) is 0.206. The van der Waals surface area contributed by atoms with Crippen LogP contribution in [-0.2, 0) is 23.1 Å². The van der Waals surface area contributed by atoms with Gasteiger partial charge in [0.15, 0.2) is 5.82 Å². The normalized spacial score (nSPS) is 18.6. The first-order valence-corrected chi connectivity index (χ1v) is 19.1. The first-order valence-electron chi connectivity index (χ1n) is 19.1. The number of benzene rings is 2. The number of aromatic nitrogens is 6. The van der Waals surface area contributed by atoms with Crippen LogP contribution < -0.4 is 21.5 Å². The number of hydrogen-bond donors (Lipinski definition) is 2. The van der Waals surface area contributed by atoms with E-state index in [-0.39, 0.29) is 23.6 Å². The van der Waals surface area contributed by atoms with Gasteiger partial charge in [0.05, 0.1) is 23.7 Å². The van der Waals surface area contributed by atoms with Crippen molar-refractivity contribution in [1.82, 2.24) is 39.1 Å². The molecule has 5 aromatic rings. The Bertz CT molecular complexity index is 2280. The number of fused-ring (bicyclic) bond motifs is 2. The van der Waals surface area contributed by atoms with Gasteiger partial charge in [0.25, 0.3) is 11.1 Å². The number of aryl methyl sites for hydroxylation is 1. The summed E-state index contributed by atoms with van der Waals surface area (Å²) in [5.74, 6) is 1.38. The molecule has 3 aromatic heterocycles. The lowest BCUT2D eigenvalue weighted by molar-refractivity contribution is -0.0408. The number of aromatic amines is 2. The molecule has 6 heterocycles. The molecular weight excluding hydrogens is 695 g/mol. The summed E-state index contributed by atoms with van der Waals surface area (Å²) in [5.41, 5.74) is 1.07. The Hall–Kier alpha value is -4.70. The van der Waals surface area contributed by atoms with E-state index in [2.05, 4.69) is 35.9 Å². The van der Waals surface area contributed by atoms with Gasteiger partial charge in [-0.3, -0.25) is 23.8 Å². The van der Waals surface area contributed by atoms with Gasteiger partial charge in [-0.25, -0.2) is 14.2 Å². The second-order valence-electron chi connectivity index (χ2n) is 14.8. The monoisotopic (exact) mass is 742 g/mol. The van der Waals surface area contributed by atoms with E-state index in [0.717, 1.165) is 88.7 Å². The lowest BCUT2D eigenvalue weighted by Gasteiger charge is -2.36. The predicted octanol–water partition coefficient (Wildman–Crippen LogP) is 3.45. The molecular formula is C39H47FN8O6. The van der Waals surface area contributed by atoms with Crippen molar-refractivity contribution in [3.05, 3.63) is 91.0 Å². The Balaban J connectivity index is 0.802. The average Bonchev–Trinajstić information content (AvgIpc) is 3.52. The number of piperidine rings is 2. The molecule has 0 bridgehead atoms. The van der Waals surface area contributed by atoms with E-state index >= 15 is 4.39 Å². The fourth-order valence-electron chi connectivity index (χ4n) is 8.22. The summed E-state index contributed by atoms with van der Waals surface area (Å²) in [6, 6.07) is 10.4. The molecule has 14 nitrogen and oxygen atoms in total. The second kappa shape index (κ2) is 16.0. The second-order valence-corrected chi connectivity index (χ2v) is 14.8. The third kappa shape index (κ3) is 7.90. The van der Waals surface area contributed by atoms with Crippen LogP contribution in [0, 0.1) is 11.7 Å². The van der Waals surface area contributed by atoms with Crippen molar-refractivity contribution in [1.29, 1.82) is 0 Å². The Morgan fingerprint density at radius 2 is 1.67 bits per heavy atom. The van der Waals surface area contributed by atoms with Gasteiger partial charge >= 0.3 is 5.69 Å². The van der Waals surface area contributed by atoms with E-state index in [4.69, 9.17) is 14.2 Å². The molecule has 0 atom stereocenters. The molecule has 15 heteroatoms. The van der Waals surface area contributed by atoms with Crippen LogP contribution in [0.25, 0.3) is 27.6 Å². The van der Waals surface area contributed by atoms with Crippen LogP contribution >= 0.6 is 0 Å². The first-order chi connectivity index (χ1) is 26.3. The van der Waals surface area contributed by atoms with E-state index < -0.39 is 22.6 Å². The number of H-pyrrole nitrogens is 2. The van der Waals surface area contributed by atoms with E-state index in [1.165, 1.54) is 28.5 Å². The Morgan fingerprint density at radius 1 is 0.926 bits per heavy atom. The van der Waals surface area contributed by atoms with Crippen molar-refractivity contribution in [2.75, 3.05) is 59.1 Å². The Labute approximate surface area is 310 Å². The number of hydrogen-bond acceptors (Lipinski definition) is 10. The zero-order chi connectivity index (χ0) is 37.2. The molecule has 2 aromatic carbocycles. The molecule has 3 aliphatic heterocycles. The largest absolute Gasteiger partial charge is 0.493 e. The summed E-state index contributed by atoms with van der Waals surface area (Å²) in [4.78, 5) is 51.4. The number of rotatable bonds is 11. The Morgan fingerprint density at radius 3 is 2.41 bits per heavy atom. The number of nitrogens with zero attached hydrogens (tertiary/aromatic N) is 6. The lowest BCUT2D eigenvalue weighted by Crippen LogP contribution is -2.42. The van der Waals surface area contributed by atoms with Gasteiger partial charge in [0.2, 0.25) is 0 Å². The number of likely N-dealkylation sites (tertiary alicyclic amines) is 2. The van der Waals surface area contributed by atoms with Gasteiger partial charge in [-0.05, 0) is 88.2 Å². The average molecular weight is 743 g/mol. The smallest absolute Gasteiger partial charge is 0.334 e. The van der Waals surface area contributed by atoms with Crippen molar-refractivity contribution >= 4 is 21.8 Å². The van der Waals surface area contributed by atoms with Crippen LogP contribution in [0.15, 0.2) is 57.0 Å². The predicted molar refractivity (Wildman–Crippen MR) is 201 cm³/mol.